The molecule has 1 N–H and O–H groups in total. The number of fused-ring (bicyclic) bond motifs is 1. The van der Waals surface area contributed by atoms with Crippen LogP contribution in [-0.2, 0) is 11.3 Å². The second-order valence-electron chi connectivity index (χ2n) is 4.65. The summed E-state index contributed by atoms with van der Waals surface area (Å²) in [5.74, 6) is -0.576. The number of nitrogens with zero attached hydrogens (tertiary/aromatic N) is 1. The van der Waals surface area contributed by atoms with E-state index < -0.39 is 5.97 Å². The Morgan fingerprint density at radius 1 is 1.14 bits per heavy atom. The summed E-state index contributed by atoms with van der Waals surface area (Å²) in [7, 11) is 0. The third-order valence-corrected chi connectivity index (χ3v) is 3.64. The van der Waals surface area contributed by atoms with Crippen LogP contribution < -0.4 is 5.56 Å². The highest BCUT2D eigenvalue weighted by Gasteiger charge is 2.15. The maximum absolute atomic E-state index is 12.2. The number of carbonyl (C=O) groups is 1. The summed E-state index contributed by atoms with van der Waals surface area (Å²) in [5, 5.41) is 7.02. The molecule has 0 aliphatic rings. The van der Waals surface area contributed by atoms with Gasteiger partial charge in [0, 0.05) is 9.86 Å². The van der Waals surface area contributed by atoms with E-state index in [0.717, 1.165) is 10.0 Å². The molecule has 0 unspecified atom stereocenters. The second-order valence-corrected chi connectivity index (χ2v) is 5.57. The minimum absolute atomic E-state index is 0.102. The maximum Gasteiger partial charge on any atom is 0.359 e. The quantitative estimate of drug-likeness (QED) is 0.730. The second kappa shape index (κ2) is 6.11. The average molecular weight is 359 g/mol. The number of halogens is 1. The van der Waals surface area contributed by atoms with Crippen LogP contribution in [0.2, 0.25) is 0 Å². The van der Waals surface area contributed by atoms with Crippen LogP contribution in [0.5, 0.6) is 0 Å². The number of H-pyrrole nitrogens is 1. The third kappa shape index (κ3) is 2.92. The van der Waals surface area contributed by atoms with Gasteiger partial charge in [0.05, 0.1) is 5.39 Å². The summed E-state index contributed by atoms with van der Waals surface area (Å²) in [4.78, 5) is 23.9. The molecule has 0 bridgehead atoms. The van der Waals surface area contributed by atoms with Gasteiger partial charge in [0.2, 0.25) is 0 Å². The number of benzene rings is 2. The Balaban J connectivity index is 1.87. The van der Waals surface area contributed by atoms with Gasteiger partial charge < -0.3 is 4.74 Å². The number of rotatable bonds is 3. The molecule has 3 aromatic rings. The lowest BCUT2D eigenvalue weighted by Crippen LogP contribution is -2.16. The minimum atomic E-state index is -0.576. The summed E-state index contributed by atoms with van der Waals surface area (Å²) < 4.78 is 6.18. The van der Waals surface area contributed by atoms with Gasteiger partial charge in [0.15, 0.2) is 5.69 Å². The van der Waals surface area contributed by atoms with E-state index in [1.165, 1.54) is 0 Å². The van der Waals surface area contributed by atoms with E-state index in [9.17, 15) is 9.59 Å². The molecule has 0 radical (unpaired) electrons. The molecule has 0 saturated carbocycles. The van der Waals surface area contributed by atoms with Gasteiger partial charge >= 0.3 is 5.97 Å². The Morgan fingerprint density at radius 2 is 1.91 bits per heavy atom. The Hall–Kier alpha value is -2.47. The highest BCUT2D eigenvalue weighted by atomic mass is 79.9. The van der Waals surface area contributed by atoms with E-state index in [4.69, 9.17) is 4.74 Å². The SMILES string of the molecule is O=C(OCc1cccc(Br)c1)c1n[nH]c(=O)c2ccccc12. The summed E-state index contributed by atoms with van der Waals surface area (Å²) in [6, 6.07) is 14.3. The van der Waals surface area contributed by atoms with Crippen molar-refractivity contribution in [1.82, 2.24) is 10.2 Å². The van der Waals surface area contributed by atoms with Crippen LogP contribution in [0.15, 0.2) is 57.8 Å². The lowest BCUT2D eigenvalue weighted by molar-refractivity contribution is 0.0467. The highest BCUT2D eigenvalue weighted by molar-refractivity contribution is 9.10. The first-order chi connectivity index (χ1) is 10.6. The fourth-order valence-electron chi connectivity index (χ4n) is 2.11. The van der Waals surface area contributed by atoms with Crippen molar-refractivity contribution in [3.63, 3.8) is 0 Å². The zero-order valence-electron chi connectivity index (χ0n) is 11.4. The molecule has 1 aromatic heterocycles. The molecular formula is C16H11BrN2O3. The van der Waals surface area contributed by atoms with Gasteiger partial charge in [-0.3, -0.25) is 4.79 Å². The lowest BCUT2D eigenvalue weighted by Gasteiger charge is -2.06. The predicted molar refractivity (Wildman–Crippen MR) is 85.6 cm³/mol. The molecule has 0 fully saturated rings. The third-order valence-electron chi connectivity index (χ3n) is 3.15. The van der Waals surface area contributed by atoms with Crippen molar-refractivity contribution in [2.75, 3.05) is 0 Å². The molecule has 6 heteroatoms. The normalized spacial score (nSPS) is 10.6. The summed E-state index contributed by atoms with van der Waals surface area (Å²) >= 11 is 3.36. The molecule has 2 aromatic carbocycles. The van der Waals surface area contributed by atoms with Crippen molar-refractivity contribution < 1.29 is 9.53 Å². The zero-order chi connectivity index (χ0) is 15.5. The van der Waals surface area contributed by atoms with Gasteiger partial charge in [-0.15, -0.1) is 0 Å². The number of hydrogen-bond donors (Lipinski definition) is 1. The number of aromatic nitrogens is 2. The van der Waals surface area contributed by atoms with Gasteiger partial charge in [0.1, 0.15) is 6.61 Å². The molecule has 0 saturated heterocycles. The summed E-state index contributed by atoms with van der Waals surface area (Å²) in [6.07, 6.45) is 0. The fraction of sp³-hybridized carbons (Fsp3) is 0.0625. The number of esters is 1. The van der Waals surface area contributed by atoms with Crippen molar-refractivity contribution in [3.8, 4) is 0 Å². The number of ether oxygens (including phenoxy) is 1. The van der Waals surface area contributed by atoms with E-state index in [1.54, 1.807) is 24.3 Å². The molecule has 22 heavy (non-hydrogen) atoms. The van der Waals surface area contributed by atoms with Crippen molar-refractivity contribution >= 4 is 32.7 Å². The predicted octanol–water partition coefficient (Wildman–Crippen LogP) is 3.04. The van der Waals surface area contributed by atoms with Gasteiger partial charge in [0.25, 0.3) is 5.56 Å². The Morgan fingerprint density at radius 3 is 2.68 bits per heavy atom. The van der Waals surface area contributed by atoms with E-state index in [-0.39, 0.29) is 17.9 Å². The topological polar surface area (TPSA) is 72.0 Å². The molecule has 1 heterocycles. The molecule has 3 rings (SSSR count). The molecule has 0 aliphatic heterocycles. The van der Waals surface area contributed by atoms with Crippen molar-refractivity contribution in [2.24, 2.45) is 0 Å². The first-order valence-electron chi connectivity index (χ1n) is 6.54. The van der Waals surface area contributed by atoms with Gasteiger partial charge in [-0.25, -0.2) is 9.89 Å². The largest absolute Gasteiger partial charge is 0.456 e. The Bertz CT molecular complexity index is 905. The van der Waals surface area contributed by atoms with E-state index in [0.29, 0.717) is 10.8 Å². The van der Waals surface area contributed by atoms with Crippen molar-refractivity contribution in [1.29, 1.82) is 0 Å². The highest BCUT2D eigenvalue weighted by Crippen LogP contribution is 2.15. The first kappa shape index (κ1) is 14.5. The van der Waals surface area contributed by atoms with Crippen molar-refractivity contribution in [2.45, 2.75) is 6.61 Å². The van der Waals surface area contributed by atoms with E-state index in [2.05, 4.69) is 26.1 Å². The van der Waals surface area contributed by atoms with Crippen LogP contribution in [-0.4, -0.2) is 16.2 Å². The molecule has 0 atom stereocenters. The number of hydrogen-bond acceptors (Lipinski definition) is 4. The van der Waals surface area contributed by atoms with Crippen molar-refractivity contribution in [3.05, 3.63) is 74.6 Å². The summed E-state index contributed by atoms with van der Waals surface area (Å²) in [5.41, 5.74) is 0.626. The van der Waals surface area contributed by atoms with Gasteiger partial charge in [-0.1, -0.05) is 46.3 Å². The average Bonchev–Trinajstić information content (AvgIpc) is 2.53. The van der Waals surface area contributed by atoms with Crippen LogP contribution in [0.3, 0.4) is 0 Å². The van der Waals surface area contributed by atoms with Crippen LogP contribution in [0.4, 0.5) is 0 Å². The van der Waals surface area contributed by atoms with Crippen LogP contribution in [0.1, 0.15) is 16.1 Å². The Kier molecular flexibility index (Phi) is 4.02. The number of aromatic amines is 1. The van der Waals surface area contributed by atoms with Crippen LogP contribution in [0.25, 0.3) is 10.8 Å². The molecular weight excluding hydrogens is 348 g/mol. The number of nitrogens with one attached hydrogen (secondary N) is 1. The van der Waals surface area contributed by atoms with Gasteiger partial charge in [-0.2, -0.15) is 5.10 Å². The molecule has 0 spiro atoms. The molecule has 0 aliphatic carbocycles. The van der Waals surface area contributed by atoms with Crippen LogP contribution in [0, 0.1) is 0 Å². The van der Waals surface area contributed by atoms with E-state index >= 15 is 0 Å². The molecule has 0 amide bonds. The van der Waals surface area contributed by atoms with Crippen LogP contribution >= 0.6 is 15.9 Å². The molecule has 110 valence electrons. The lowest BCUT2D eigenvalue weighted by atomic mass is 10.1. The zero-order valence-corrected chi connectivity index (χ0v) is 13.0. The standard InChI is InChI=1S/C16H11BrN2O3/c17-11-5-3-4-10(8-11)9-22-16(21)14-12-6-1-2-7-13(12)15(20)19-18-14/h1-8H,9H2,(H,19,20). The Labute approximate surface area is 134 Å². The minimum Gasteiger partial charge on any atom is -0.456 e. The van der Waals surface area contributed by atoms with E-state index in [1.807, 2.05) is 24.3 Å². The van der Waals surface area contributed by atoms with Gasteiger partial charge in [-0.05, 0) is 23.8 Å². The fourth-order valence-corrected chi connectivity index (χ4v) is 2.56. The monoisotopic (exact) mass is 358 g/mol. The maximum atomic E-state index is 12.2. The smallest absolute Gasteiger partial charge is 0.359 e. The summed E-state index contributed by atoms with van der Waals surface area (Å²) in [6.45, 7) is 0.132. The number of carbonyl (C=O) groups excluding carboxylic acids is 1. The molecule has 5 nitrogen and oxygen atoms in total. The first-order valence-corrected chi connectivity index (χ1v) is 7.33.